The SMILES string of the molecule is CC(C)(CN)n1ccncc1=O. The van der Waals surface area contributed by atoms with E-state index < -0.39 is 0 Å². The van der Waals surface area contributed by atoms with E-state index in [1.807, 2.05) is 13.8 Å². The number of nitrogens with zero attached hydrogens (tertiary/aromatic N) is 2. The Labute approximate surface area is 71.0 Å². The van der Waals surface area contributed by atoms with Crippen LogP contribution in [0.3, 0.4) is 0 Å². The zero-order valence-electron chi connectivity index (χ0n) is 7.32. The van der Waals surface area contributed by atoms with Gasteiger partial charge in [-0.2, -0.15) is 0 Å². The number of hydrogen-bond donors (Lipinski definition) is 1. The molecular weight excluding hydrogens is 154 g/mol. The molecule has 0 aliphatic carbocycles. The van der Waals surface area contributed by atoms with Crippen LogP contribution in [0.1, 0.15) is 13.8 Å². The third-order valence-corrected chi connectivity index (χ3v) is 1.88. The standard InChI is InChI=1S/C8H13N3O/c1-8(2,6-9)11-4-3-10-5-7(11)12/h3-5H,6,9H2,1-2H3. The molecule has 1 heterocycles. The van der Waals surface area contributed by atoms with Gasteiger partial charge >= 0.3 is 0 Å². The van der Waals surface area contributed by atoms with Crippen molar-refractivity contribution in [2.45, 2.75) is 19.4 Å². The Balaban J connectivity index is 3.20. The second-order valence-corrected chi connectivity index (χ2v) is 3.30. The molecule has 0 aliphatic rings. The van der Waals surface area contributed by atoms with Crippen LogP contribution in [0, 0.1) is 0 Å². The van der Waals surface area contributed by atoms with Crippen molar-refractivity contribution in [3.05, 3.63) is 28.9 Å². The zero-order chi connectivity index (χ0) is 9.19. The molecule has 0 radical (unpaired) electrons. The van der Waals surface area contributed by atoms with Crippen molar-refractivity contribution in [3.63, 3.8) is 0 Å². The number of aromatic nitrogens is 2. The Morgan fingerprint density at radius 1 is 1.67 bits per heavy atom. The Morgan fingerprint density at radius 3 is 2.83 bits per heavy atom. The highest BCUT2D eigenvalue weighted by molar-refractivity contribution is 4.89. The highest BCUT2D eigenvalue weighted by Gasteiger charge is 2.18. The number of hydrogen-bond acceptors (Lipinski definition) is 3. The van der Waals surface area contributed by atoms with Crippen LogP contribution in [0.2, 0.25) is 0 Å². The van der Waals surface area contributed by atoms with Crippen molar-refractivity contribution < 1.29 is 0 Å². The first-order valence-electron chi connectivity index (χ1n) is 3.81. The third kappa shape index (κ3) is 1.53. The van der Waals surface area contributed by atoms with E-state index in [2.05, 4.69) is 4.98 Å². The average molecular weight is 167 g/mol. The first kappa shape index (κ1) is 8.93. The molecule has 0 saturated heterocycles. The molecule has 2 N–H and O–H groups in total. The van der Waals surface area contributed by atoms with E-state index in [0.717, 1.165) is 0 Å². The summed E-state index contributed by atoms with van der Waals surface area (Å²) in [6.07, 6.45) is 4.52. The minimum Gasteiger partial charge on any atom is -0.328 e. The largest absolute Gasteiger partial charge is 0.328 e. The van der Waals surface area contributed by atoms with E-state index in [9.17, 15) is 4.79 Å². The molecular formula is C8H13N3O. The molecule has 0 fully saturated rings. The third-order valence-electron chi connectivity index (χ3n) is 1.88. The molecule has 0 amide bonds. The van der Waals surface area contributed by atoms with Crippen LogP contribution >= 0.6 is 0 Å². The van der Waals surface area contributed by atoms with Crippen LogP contribution in [0.5, 0.6) is 0 Å². The fourth-order valence-corrected chi connectivity index (χ4v) is 0.946. The summed E-state index contributed by atoms with van der Waals surface area (Å²) >= 11 is 0. The summed E-state index contributed by atoms with van der Waals surface area (Å²) in [6.45, 7) is 4.25. The Bertz CT molecular complexity index is 316. The van der Waals surface area contributed by atoms with Crippen molar-refractivity contribution in [2.24, 2.45) is 5.73 Å². The smallest absolute Gasteiger partial charge is 0.269 e. The Hall–Kier alpha value is -1.16. The van der Waals surface area contributed by atoms with E-state index in [0.29, 0.717) is 6.54 Å². The van der Waals surface area contributed by atoms with E-state index in [1.165, 1.54) is 6.20 Å². The maximum atomic E-state index is 11.3. The molecule has 1 aromatic heterocycles. The maximum Gasteiger partial charge on any atom is 0.269 e. The van der Waals surface area contributed by atoms with Crippen LogP contribution in [0.25, 0.3) is 0 Å². The average Bonchev–Trinajstić information content (AvgIpc) is 2.05. The van der Waals surface area contributed by atoms with Crippen molar-refractivity contribution in [1.82, 2.24) is 9.55 Å². The van der Waals surface area contributed by atoms with Crippen molar-refractivity contribution >= 4 is 0 Å². The van der Waals surface area contributed by atoms with E-state index >= 15 is 0 Å². The lowest BCUT2D eigenvalue weighted by Crippen LogP contribution is -2.41. The van der Waals surface area contributed by atoms with Gasteiger partial charge in [0.25, 0.3) is 5.56 Å². The Kier molecular flexibility index (Phi) is 2.28. The molecule has 4 nitrogen and oxygen atoms in total. The molecule has 66 valence electrons. The maximum absolute atomic E-state index is 11.3. The van der Waals surface area contributed by atoms with Crippen LogP contribution in [0.15, 0.2) is 23.4 Å². The summed E-state index contributed by atoms with van der Waals surface area (Å²) in [7, 11) is 0. The molecule has 0 aromatic carbocycles. The fourth-order valence-electron chi connectivity index (χ4n) is 0.946. The molecule has 1 aromatic rings. The Morgan fingerprint density at radius 2 is 2.33 bits per heavy atom. The van der Waals surface area contributed by atoms with E-state index in [-0.39, 0.29) is 11.1 Å². The van der Waals surface area contributed by atoms with Crippen molar-refractivity contribution in [3.8, 4) is 0 Å². The monoisotopic (exact) mass is 167 g/mol. The van der Waals surface area contributed by atoms with Gasteiger partial charge in [0, 0.05) is 18.9 Å². The molecule has 12 heavy (non-hydrogen) atoms. The van der Waals surface area contributed by atoms with Gasteiger partial charge in [-0.15, -0.1) is 0 Å². The van der Waals surface area contributed by atoms with Gasteiger partial charge in [0.05, 0.1) is 11.7 Å². The normalized spacial score (nSPS) is 11.6. The second kappa shape index (κ2) is 3.06. The zero-order valence-corrected chi connectivity index (χ0v) is 7.32. The van der Waals surface area contributed by atoms with Gasteiger partial charge in [-0.25, -0.2) is 0 Å². The van der Waals surface area contributed by atoms with Crippen LogP contribution in [-0.4, -0.2) is 16.1 Å². The highest BCUT2D eigenvalue weighted by Crippen LogP contribution is 2.08. The summed E-state index contributed by atoms with van der Waals surface area (Å²) in [5.74, 6) is 0. The van der Waals surface area contributed by atoms with E-state index in [4.69, 9.17) is 5.73 Å². The van der Waals surface area contributed by atoms with Crippen LogP contribution in [-0.2, 0) is 5.54 Å². The van der Waals surface area contributed by atoms with Crippen LogP contribution < -0.4 is 11.3 Å². The van der Waals surface area contributed by atoms with Crippen molar-refractivity contribution in [2.75, 3.05) is 6.54 Å². The fraction of sp³-hybridized carbons (Fsp3) is 0.500. The summed E-state index contributed by atoms with van der Waals surface area (Å²) in [5.41, 5.74) is 5.08. The van der Waals surface area contributed by atoms with Gasteiger partial charge in [0.2, 0.25) is 0 Å². The van der Waals surface area contributed by atoms with E-state index in [1.54, 1.807) is 17.0 Å². The molecule has 0 aliphatic heterocycles. The molecule has 0 unspecified atom stereocenters. The minimum absolute atomic E-state index is 0.118. The molecule has 0 atom stereocenters. The summed E-state index contributed by atoms with van der Waals surface area (Å²) < 4.78 is 1.58. The first-order valence-corrected chi connectivity index (χ1v) is 3.81. The summed E-state index contributed by atoms with van der Waals surface area (Å²) in [4.78, 5) is 15.0. The summed E-state index contributed by atoms with van der Waals surface area (Å²) in [5, 5.41) is 0. The molecule has 1 rings (SSSR count). The lowest BCUT2D eigenvalue weighted by atomic mass is 10.1. The quantitative estimate of drug-likeness (QED) is 0.671. The molecule has 0 saturated carbocycles. The van der Waals surface area contributed by atoms with Gasteiger partial charge in [-0.05, 0) is 13.8 Å². The van der Waals surface area contributed by atoms with Crippen LogP contribution in [0.4, 0.5) is 0 Å². The first-order chi connectivity index (χ1) is 5.58. The van der Waals surface area contributed by atoms with Gasteiger partial charge in [-0.1, -0.05) is 0 Å². The highest BCUT2D eigenvalue weighted by atomic mass is 16.1. The molecule has 0 spiro atoms. The van der Waals surface area contributed by atoms with Gasteiger partial charge < -0.3 is 10.3 Å². The second-order valence-electron chi connectivity index (χ2n) is 3.30. The summed E-state index contributed by atoms with van der Waals surface area (Å²) in [6, 6.07) is 0. The lowest BCUT2D eigenvalue weighted by molar-refractivity contribution is 0.354. The van der Waals surface area contributed by atoms with Gasteiger partial charge in [-0.3, -0.25) is 9.78 Å². The minimum atomic E-state index is -0.333. The lowest BCUT2D eigenvalue weighted by Gasteiger charge is -2.24. The molecule has 0 bridgehead atoms. The van der Waals surface area contributed by atoms with Gasteiger partial charge in [0.15, 0.2) is 0 Å². The number of nitrogens with two attached hydrogens (primary N) is 1. The predicted molar refractivity (Wildman–Crippen MR) is 46.9 cm³/mol. The predicted octanol–water partition coefficient (Wildman–Crippen LogP) is -0.0629. The topological polar surface area (TPSA) is 60.9 Å². The van der Waals surface area contributed by atoms with Crippen molar-refractivity contribution in [1.29, 1.82) is 0 Å². The number of rotatable bonds is 2. The van der Waals surface area contributed by atoms with Gasteiger partial charge in [0.1, 0.15) is 0 Å². The molecule has 4 heteroatoms.